The molecule has 0 aliphatic heterocycles. The Hall–Kier alpha value is -3.05. The summed E-state index contributed by atoms with van der Waals surface area (Å²) in [6.07, 6.45) is -2.81. The molecule has 0 bridgehead atoms. The van der Waals surface area contributed by atoms with Crippen LogP contribution in [0.15, 0.2) is 53.9 Å². The molecule has 32 heavy (non-hydrogen) atoms. The molecule has 1 amide bonds. The van der Waals surface area contributed by atoms with E-state index in [-0.39, 0.29) is 16.5 Å². The second kappa shape index (κ2) is 8.83. The van der Waals surface area contributed by atoms with Crippen molar-refractivity contribution in [2.45, 2.75) is 17.9 Å². The van der Waals surface area contributed by atoms with Gasteiger partial charge in [0.1, 0.15) is 0 Å². The molecule has 12 heteroatoms. The third-order valence-electron chi connectivity index (χ3n) is 4.66. The Labute approximate surface area is 189 Å². The molecular weight excluding hydrogens is 465 g/mol. The van der Waals surface area contributed by atoms with Crippen LogP contribution in [0.3, 0.4) is 0 Å². The van der Waals surface area contributed by atoms with Gasteiger partial charge in [0.25, 0.3) is 0 Å². The van der Waals surface area contributed by atoms with Gasteiger partial charge in [-0.3, -0.25) is 4.79 Å². The van der Waals surface area contributed by atoms with Gasteiger partial charge in [0.05, 0.1) is 45.9 Å². The summed E-state index contributed by atoms with van der Waals surface area (Å²) in [5.41, 5.74) is 0.837. The number of carbonyl (C=O) groups is 1. The minimum atomic E-state index is -4.53. The van der Waals surface area contributed by atoms with E-state index in [0.717, 1.165) is 41.0 Å². The molecule has 2 aromatic carbocycles. The maximum atomic E-state index is 12.9. The number of fused-ring (bicyclic) bond motifs is 1. The Morgan fingerprint density at radius 1 is 1.19 bits per heavy atom. The minimum absolute atomic E-state index is 0.0184. The average molecular weight is 481 g/mol. The summed E-state index contributed by atoms with van der Waals surface area (Å²) < 4.78 is 42.4. The van der Waals surface area contributed by atoms with Gasteiger partial charge in [-0.2, -0.15) is 13.2 Å². The zero-order valence-corrected chi connectivity index (χ0v) is 18.2. The van der Waals surface area contributed by atoms with Gasteiger partial charge < -0.3 is 14.5 Å². The number of hydrogen-bond donors (Lipinski definition) is 1. The van der Waals surface area contributed by atoms with Crippen LogP contribution in [0.4, 0.5) is 18.9 Å². The summed E-state index contributed by atoms with van der Waals surface area (Å²) in [5.74, 6) is 0.0744. The van der Waals surface area contributed by atoms with Gasteiger partial charge in [0.2, 0.25) is 5.91 Å². The first kappa shape index (κ1) is 22.2. The fraction of sp³-hybridized carbons (Fsp3) is 0.200. The molecule has 4 rings (SSSR count). The van der Waals surface area contributed by atoms with Gasteiger partial charge >= 0.3 is 6.18 Å². The van der Waals surface area contributed by atoms with E-state index in [1.54, 1.807) is 17.9 Å². The van der Waals surface area contributed by atoms with Crippen molar-refractivity contribution >= 4 is 46.0 Å². The van der Waals surface area contributed by atoms with E-state index in [1.807, 2.05) is 28.8 Å². The van der Waals surface area contributed by atoms with Gasteiger partial charge in [-0.1, -0.05) is 35.5 Å². The number of imidazole rings is 1. The zero-order valence-electron chi connectivity index (χ0n) is 16.6. The predicted octanol–water partition coefficient (Wildman–Crippen LogP) is 4.62. The molecule has 0 unspecified atom stereocenters. The first-order valence-electron chi connectivity index (χ1n) is 9.30. The summed E-state index contributed by atoms with van der Waals surface area (Å²) in [4.78, 5) is 16.6. The number of rotatable bonds is 6. The Balaban J connectivity index is 1.41. The highest BCUT2D eigenvalue weighted by Gasteiger charge is 2.31. The van der Waals surface area contributed by atoms with Crippen LogP contribution < -0.4 is 5.32 Å². The molecule has 0 atom stereocenters. The largest absolute Gasteiger partial charge is 0.416 e. The number of nitrogens with zero attached hydrogens (tertiary/aromatic N) is 5. The number of alkyl halides is 3. The molecule has 0 spiro atoms. The van der Waals surface area contributed by atoms with Crippen LogP contribution >= 0.6 is 23.4 Å². The number of anilines is 1. The van der Waals surface area contributed by atoms with Crippen molar-refractivity contribution < 1.29 is 18.0 Å². The number of carbonyl (C=O) groups excluding carboxylic acids is 1. The summed E-state index contributed by atoms with van der Waals surface area (Å²) in [7, 11) is 1.78. The van der Waals surface area contributed by atoms with Crippen molar-refractivity contribution in [1.29, 1.82) is 0 Å². The van der Waals surface area contributed by atoms with E-state index in [1.165, 1.54) is 0 Å². The Morgan fingerprint density at radius 3 is 2.75 bits per heavy atom. The number of halogens is 4. The van der Waals surface area contributed by atoms with Crippen LogP contribution in [0.25, 0.3) is 11.0 Å². The first-order chi connectivity index (χ1) is 15.2. The maximum absolute atomic E-state index is 12.9. The van der Waals surface area contributed by atoms with Crippen LogP contribution in [0.1, 0.15) is 11.4 Å². The van der Waals surface area contributed by atoms with E-state index < -0.39 is 17.6 Å². The van der Waals surface area contributed by atoms with Crippen LogP contribution in [0.5, 0.6) is 0 Å². The smallest absolute Gasteiger partial charge is 0.324 e. The minimum Gasteiger partial charge on any atom is -0.324 e. The SMILES string of the molecule is Cn1c(Cn2cnc3ccccc32)nnc1SCC(=O)Nc1cc(C(F)(F)F)ccc1Cl. The molecule has 0 radical (unpaired) electrons. The molecule has 0 aliphatic carbocycles. The lowest BCUT2D eigenvalue weighted by Crippen LogP contribution is -2.16. The number of thioether (sulfide) groups is 1. The fourth-order valence-electron chi connectivity index (χ4n) is 3.01. The van der Waals surface area contributed by atoms with Crippen molar-refractivity contribution in [3.8, 4) is 0 Å². The Morgan fingerprint density at radius 2 is 1.97 bits per heavy atom. The topological polar surface area (TPSA) is 77.6 Å². The van der Waals surface area contributed by atoms with Crippen molar-refractivity contribution in [3.63, 3.8) is 0 Å². The van der Waals surface area contributed by atoms with Crippen molar-refractivity contribution in [3.05, 3.63) is 65.2 Å². The van der Waals surface area contributed by atoms with Gasteiger partial charge in [0, 0.05) is 7.05 Å². The number of hydrogen-bond acceptors (Lipinski definition) is 5. The number of para-hydroxylation sites is 2. The normalized spacial score (nSPS) is 11.8. The number of aromatic nitrogens is 5. The molecule has 166 valence electrons. The van der Waals surface area contributed by atoms with E-state index in [9.17, 15) is 18.0 Å². The molecule has 2 aromatic heterocycles. The Kier molecular flexibility index (Phi) is 6.11. The number of amides is 1. The van der Waals surface area contributed by atoms with Crippen molar-refractivity contribution in [2.24, 2.45) is 7.05 Å². The monoisotopic (exact) mass is 480 g/mol. The second-order valence-electron chi connectivity index (χ2n) is 6.85. The second-order valence-corrected chi connectivity index (χ2v) is 8.20. The molecule has 4 aromatic rings. The van der Waals surface area contributed by atoms with E-state index in [0.29, 0.717) is 17.5 Å². The lowest BCUT2D eigenvalue weighted by atomic mass is 10.2. The summed E-state index contributed by atoms with van der Waals surface area (Å²) in [6, 6.07) is 10.5. The van der Waals surface area contributed by atoms with Crippen LogP contribution in [-0.2, 0) is 24.6 Å². The quantitative estimate of drug-likeness (QED) is 0.408. The number of benzene rings is 2. The molecule has 7 nitrogen and oxygen atoms in total. The molecule has 1 N–H and O–H groups in total. The molecular formula is C20H16ClF3N6OS. The summed E-state index contributed by atoms with van der Waals surface area (Å²) in [6.45, 7) is 0.441. The lowest BCUT2D eigenvalue weighted by molar-refractivity contribution is -0.137. The molecule has 0 saturated heterocycles. The van der Waals surface area contributed by atoms with Crippen molar-refractivity contribution in [2.75, 3.05) is 11.1 Å². The zero-order chi connectivity index (χ0) is 22.9. The highest BCUT2D eigenvalue weighted by molar-refractivity contribution is 7.99. The fourth-order valence-corrected chi connectivity index (χ4v) is 3.91. The standard InChI is InChI=1S/C20H16ClF3N6OS/c1-29-17(9-30-11-25-14-4-2-3-5-16(14)30)27-28-19(29)32-10-18(31)26-15-8-12(20(22,23)24)6-7-13(15)21/h2-8,11H,9-10H2,1H3,(H,26,31). The third kappa shape index (κ3) is 4.73. The van der Waals surface area contributed by atoms with Crippen LogP contribution in [-0.4, -0.2) is 36.0 Å². The highest BCUT2D eigenvalue weighted by Crippen LogP contribution is 2.34. The highest BCUT2D eigenvalue weighted by atomic mass is 35.5. The van der Waals surface area contributed by atoms with E-state index >= 15 is 0 Å². The molecule has 2 heterocycles. The predicted molar refractivity (Wildman–Crippen MR) is 116 cm³/mol. The first-order valence-corrected chi connectivity index (χ1v) is 10.7. The lowest BCUT2D eigenvalue weighted by Gasteiger charge is -2.11. The van der Waals surface area contributed by atoms with Gasteiger partial charge in [-0.05, 0) is 30.3 Å². The average Bonchev–Trinajstić information content (AvgIpc) is 3.31. The van der Waals surface area contributed by atoms with Crippen LogP contribution in [0, 0.1) is 0 Å². The van der Waals surface area contributed by atoms with Crippen molar-refractivity contribution in [1.82, 2.24) is 24.3 Å². The summed E-state index contributed by atoms with van der Waals surface area (Å²) >= 11 is 7.04. The third-order valence-corrected chi connectivity index (χ3v) is 6.01. The number of nitrogens with one attached hydrogen (secondary N) is 1. The van der Waals surface area contributed by atoms with Gasteiger partial charge in [0.15, 0.2) is 11.0 Å². The van der Waals surface area contributed by atoms with E-state index in [2.05, 4.69) is 20.5 Å². The van der Waals surface area contributed by atoms with Gasteiger partial charge in [-0.15, -0.1) is 10.2 Å². The Bertz CT molecular complexity index is 1290. The molecule has 0 saturated carbocycles. The van der Waals surface area contributed by atoms with Gasteiger partial charge in [-0.25, -0.2) is 4.98 Å². The van der Waals surface area contributed by atoms with Crippen LogP contribution in [0.2, 0.25) is 5.02 Å². The molecule has 0 aliphatic rings. The van der Waals surface area contributed by atoms with E-state index in [4.69, 9.17) is 11.6 Å². The molecule has 0 fully saturated rings. The maximum Gasteiger partial charge on any atom is 0.416 e. The summed E-state index contributed by atoms with van der Waals surface area (Å²) in [5, 5.41) is 11.2.